The zero-order valence-corrected chi connectivity index (χ0v) is 12.0. The summed E-state index contributed by atoms with van der Waals surface area (Å²) < 4.78 is 33.0. The third-order valence-electron chi connectivity index (χ3n) is 2.06. The van der Waals surface area contributed by atoms with Crippen LogP contribution < -0.4 is 5.32 Å². The average molecular weight is 327 g/mol. The lowest BCUT2D eigenvalue weighted by Gasteiger charge is -2.25. The van der Waals surface area contributed by atoms with Crippen molar-refractivity contribution in [3.63, 3.8) is 0 Å². The summed E-state index contributed by atoms with van der Waals surface area (Å²) in [5, 5.41) is -0.195. The van der Waals surface area contributed by atoms with E-state index in [1.54, 1.807) is 0 Å². The first-order valence-electron chi connectivity index (χ1n) is 4.69. The molecule has 0 saturated carbocycles. The zero-order chi connectivity index (χ0) is 14.8. The Bertz CT molecular complexity index is 384. The topological polar surface area (TPSA) is 185 Å². The van der Waals surface area contributed by atoms with Crippen LogP contribution in [0.25, 0.3) is 0 Å². The summed E-state index contributed by atoms with van der Waals surface area (Å²) in [6.07, 6.45) is -1.04. The maximum absolute atomic E-state index is 11.0. The molecule has 0 aromatic rings. The van der Waals surface area contributed by atoms with Gasteiger partial charge in [-0.15, -0.1) is 0 Å². The van der Waals surface area contributed by atoms with Crippen molar-refractivity contribution < 1.29 is 43.1 Å². The third-order valence-corrected chi connectivity index (χ3v) is 7.04. The fourth-order valence-corrected chi connectivity index (χ4v) is 5.02. The van der Waals surface area contributed by atoms with Crippen molar-refractivity contribution in [2.24, 2.45) is 0 Å². The van der Waals surface area contributed by atoms with Gasteiger partial charge in [0.25, 0.3) is 0 Å². The Morgan fingerprint density at radius 3 is 1.50 bits per heavy atom. The lowest BCUT2D eigenvalue weighted by atomic mass is 10.4. The van der Waals surface area contributed by atoms with Crippen molar-refractivity contribution in [1.82, 2.24) is 5.32 Å². The second-order valence-corrected chi connectivity index (χ2v) is 9.37. The summed E-state index contributed by atoms with van der Waals surface area (Å²) in [6, 6.07) is 0. The van der Waals surface area contributed by atoms with E-state index in [9.17, 15) is 13.7 Å². The SMILES string of the molecule is CCNC(CC(P(=O)(O)O)P(=O)(O)O)P(=O)(O)O. The zero-order valence-electron chi connectivity index (χ0n) is 9.32. The minimum Gasteiger partial charge on any atom is -0.324 e. The summed E-state index contributed by atoms with van der Waals surface area (Å²) in [4.78, 5) is 53.2. The molecule has 0 aliphatic heterocycles. The Morgan fingerprint density at radius 1 is 0.889 bits per heavy atom. The van der Waals surface area contributed by atoms with Gasteiger partial charge in [-0.05, 0) is 13.0 Å². The highest BCUT2D eigenvalue weighted by Crippen LogP contribution is 2.63. The first-order chi connectivity index (χ1) is 7.80. The van der Waals surface area contributed by atoms with Crippen molar-refractivity contribution in [2.75, 3.05) is 6.54 Å². The van der Waals surface area contributed by atoms with Gasteiger partial charge in [-0.1, -0.05) is 6.92 Å². The third kappa shape index (κ3) is 6.04. The molecule has 0 aromatic heterocycles. The van der Waals surface area contributed by atoms with Crippen LogP contribution in [0.1, 0.15) is 13.3 Å². The van der Waals surface area contributed by atoms with Gasteiger partial charge in [0, 0.05) is 0 Å². The molecule has 0 radical (unpaired) electrons. The lowest BCUT2D eigenvalue weighted by Crippen LogP contribution is -2.32. The number of rotatable bonds is 7. The number of hydrogen-bond acceptors (Lipinski definition) is 4. The monoisotopic (exact) mass is 327 g/mol. The highest BCUT2D eigenvalue weighted by Gasteiger charge is 2.47. The van der Waals surface area contributed by atoms with Crippen molar-refractivity contribution in [3.8, 4) is 0 Å². The van der Waals surface area contributed by atoms with Gasteiger partial charge < -0.3 is 34.7 Å². The normalized spacial score (nSPS) is 16.0. The van der Waals surface area contributed by atoms with E-state index in [-0.39, 0.29) is 6.54 Å². The molecule has 0 amide bonds. The van der Waals surface area contributed by atoms with Gasteiger partial charge in [-0.2, -0.15) is 0 Å². The van der Waals surface area contributed by atoms with Crippen LogP contribution in [0.4, 0.5) is 0 Å². The van der Waals surface area contributed by atoms with E-state index in [4.69, 9.17) is 29.4 Å². The molecule has 10 nitrogen and oxygen atoms in total. The van der Waals surface area contributed by atoms with Crippen LogP contribution in [0.3, 0.4) is 0 Å². The van der Waals surface area contributed by atoms with Crippen molar-refractivity contribution in [2.45, 2.75) is 24.5 Å². The van der Waals surface area contributed by atoms with Gasteiger partial charge in [0.1, 0.15) is 5.78 Å². The minimum atomic E-state index is -5.19. The van der Waals surface area contributed by atoms with Crippen molar-refractivity contribution in [3.05, 3.63) is 0 Å². The van der Waals surface area contributed by atoms with E-state index in [2.05, 4.69) is 5.32 Å². The van der Waals surface area contributed by atoms with Gasteiger partial charge in [-0.25, -0.2) is 0 Å². The number of hydrogen-bond donors (Lipinski definition) is 7. The lowest BCUT2D eigenvalue weighted by molar-refractivity contribution is 0.321. The van der Waals surface area contributed by atoms with Gasteiger partial charge in [-0.3, -0.25) is 13.7 Å². The summed E-state index contributed by atoms with van der Waals surface area (Å²) in [7, 11) is -15.2. The molecule has 0 fully saturated rings. The molecule has 0 bridgehead atoms. The van der Waals surface area contributed by atoms with E-state index in [1.807, 2.05) is 0 Å². The molecule has 1 atom stereocenters. The van der Waals surface area contributed by atoms with Gasteiger partial charge >= 0.3 is 22.8 Å². The van der Waals surface area contributed by atoms with Crippen LogP contribution >= 0.6 is 22.8 Å². The molecule has 0 saturated heterocycles. The quantitative estimate of drug-likeness (QED) is 0.291. The Balaban J connectivity index is 5.26. The second kappa shape index (κ2) is 6.24. The predicted octanol–water partition coefficient (Wildman–Crippen LogP) is -0.829. The van der Waals surface area contributed by atoms with Crippen LogP contribution in [0.15, 0.2) is 0 Å². The Labute approximate surface area is 103 Å². The fourth-order valence-electron chi connectivity index (χ4n) is 1.25. The van der Waals surface area contributed by atoms with E-state index in [0.29, 0.717) is 0 Å². The molecule has 13 heteroatoms. The van der Waals surface area contributed by atoms with E-state index >= 15 is 0 Å². The summed E-state index contributed by atoms with van der Waals surface area (Å²) >= 11 is 0. The fraction of sp³-hybridized carbons (Fsp3) is 1.00. The van der Waals surface area contributed by atoms with Crippen LogP contribution in [-0.4, -0.2) is 47.1 Å². The van der Waals surface area contributed by atoms with Gasteiger partial charge in [0.15, 0.2) is 5.40 Å². The van der Waals surface area contributed by atoms with Crippen molar-refractivity contribution >= 4 is 22.8 Å². The highest BCUT2D eigenvalue weighted by molar-refractivity contribution is 7.70. The summed E-state index contributed by atoms with van der Waals surface area (Å²) in [6.45, 7) is 1.54. The minimum absolute atomic E-state index is 0.0603. The predicted molar refractivity (Wildman–Crippen MR) is 62.0 cm³/mol. The van der Waals surface area contributed by atoms with Crippen LogP contribution in [0.5, 0.6) is 0 Å². The van der Waals surface area contributed by atoms with Crippen molar-refractivity contribution in [1.29, 1.82) is 0 Å². The molecular weight excluding hydrogens is 311 g/mol. The molecule has 18 heavy (non-hydrogen) atoms. The Morgan fingerprint density at radius 2 is 1.28 bits per heavy atom. The summed E-state index contributed by atoms with van der Waals surface area (Å²) in [5.74, 6) is -1.73. The van der Waals surface area contributed by atoms with Gasteiger partial charge in [0.05, 0.1) is 0 Å². The molecule has 0 aliphatic rings. The standard InChI is InChI=1S/C5H16NO9P3/c1-2-6-4(16(7,8)9)3-5(17(10,11)12)18(13,14)15/h4-6H,2-3H2,1H3,(H2,7,8,9)(H2,10,11,12)(H2,13,14,15). The summed E-state index contributed by atoms with van der Waals surface area (Å²) in [5.41, 5.74) is 0. The molecule has 0 heterocycles. The molecule has 7 N–H and O–H groups in total. The van der Waals surface area contributed by atoms with E-state index < -0.39 is 40.4 Å². The highest BCUT2D eigenvalue weighted by atomic mass is 31.2. The van der Waals surface area contributed by atoms with E-state index in [1.165, 1.54) is 6.92 Å². The molecule has 0 spiro atoms. The molecule has 0 aromatic carbocycles. The van der Waals surface area contributed by atoms with E-state index in [0.717, 1.165) is 0 Å². The Hall–Kier alpha value is 0.410. The molecular formula is C5H16NO9P3. The maximum Gasteiger partial charge on any atom is 0.342 e. The maximum atomic E-state index is 11.0. The van der Waals surface area contributed by atoms with Crippen LogP contribution in [0, 0.1) is 0 Å². The molecule has 110 valence electrons. The second-order valence-electron chi connectivity index (χ2n) is 3.56. The van der Waals surface area contributed by atoms with Gasteiger partial charge in [0.2, 0.25) is 0 Å². The largest absolute Gasteiger partial charge is 0.342 e. The first-order valence-corrected chi connectivity index (χ1v) is 9.73. The van der Waals surface area contributed by atoms with Crippen LogP contribution in [-0.2, 0) is 13.7 Å². The first kappa shape index (κ1) is 18.4. The Kier molecular flexibility index (Phi) is 6.38. The molecule has 0 aliphatic carbocycles. The number of nitrogens with one attached hydrogen (secondary N) is 1. The molecule has 1 unspecified atom stereocenters. The smallest absolute Gasteiger partial charge is 0.324 e. The molecule has 0 rings (SSSR count). The van der Waals surface area contributed by atoms with Crippen LogP contribution in [0.2, 0.25) is 0 Å². The average Bonchev–Trinajstić information content (AvgIpc) is 2.05.